The quantitative estimate of drug-likeness (QED) is 0.671. The highest BCUT2D eigenvalue weighted by Crippen LogP contribution is 2.21. The second kappa shape index (κ2) is 10.4. The van der Waals surface area contributed by atoms with E-state index in [1.165, 1.54) is 0 Å². The maximum atomic E-state index is 12.8. The van der Waals surface area contributed by atoms with Gasteiger partial charge in [-0.2, -0.15) is 0 Å². The Morgan fingerprint density at radius 1 is 1.00 bits per heavy atom. The average Bonchev–Trinajstić information content (AvgIpc) is 2.66. The monoisotopic (exact) mass is 396 g/mol. The Bertz CT molecular complexity index is 868. The summed E-state index contributed by atoms with van der Waals surface area (Å²) in [6.07, 6.45) is 0. The van der Waals surface area contributed by atoms with Crippen molar-refractivity contribution >= 4 is 23.5 Å². The number of benzene rings is 2. The van der Waals surface area contributed by atoms with Crippen LogP contribution in [0.4, 0.5) is 10.5 Å². The van der Waals surface area contributed by atoms with E-state index in [2.05, 4.69) is 16.0 Å². The molecule has 2 aromatic rings. The third-order valence-electron chi connectivity index (χ3n) is 4.65. The van der Waals surface area contributed by atoms with Gasteiger partial charge in [0.05, 0.1) is 6.54 Å². The van der Waals surface area contributed by atoms with Gasteiger partial charge in [0, 0.05) is 12.2 Å². The van der Waals surface area contributed by atoms with Crippen molar-refractivity contribution in [3.63, 3.8) is 0 Å². The van der Waals surface area contributed by atoms with E-state index < -0.39 is 18.0 Å². The van der Waals surface area contributed by atoms with Crippen LogP contribution in [0.2, 0.25) is 0 Å². The van der Waals surface area contributed by atoms with Crippen LogP contribution in [-0.2, 0) is 9.59 Å². The molecule has 7 nitrogen and oxygen atoms in total. The van der Waals surface area contributed by atoms with Crippen molar-refractivity contribution in [1.82, 2.24) is 15.5 Å². The van der Waals surface area contributed by atoms with E-state index in [-0.39, 0.29) is 12.5 Å². The minimum absolute atomic E-state index is 0.0181. The van der Waals surface area contributed by atoms with Crippen molar-refractivity contribution in [3.8, 4) is 0 Å². The highest BCUT2D eigenvalue weighted by Gasteiger charge is 2.27. The zero-order valence-corrected chi connectivity index (χ0v) is 17.3. The van der Waals surface area contributed by atoms with Gasteiger partial charge in [-0.1, -0.05) is 42.5 Å². The molecule has 0 aliphatic rings. The number of urea groups is 1. The first-order chi connectivity index (χ1) is 13.8. The summed E-state index contributed by atoms with van der Waals surface area (Å²) in [4.78, 5) is 38.8. The Morgan fingerprint density at radius 3 is 2.34 bits per heavy atom. The second-order valence-corrected chi connectivity index (χ2v) is 6.87. The molecule has 0 aliphatic carbocycles. The summed E-state index contributed by atoms with van der Waals surface area (Å²) in [5.41, 5.74) is 3.51. The molecule has 1 atom stereocenters. The Labute approximate surface area is 171 Å². The summed E-state index contributed by atoms with van der Waals surface area (Å²) in [7, 11) is 1.68. The van der Waals surface area contributed by atoms with Crippen molar-refractivity contribution < 1.29 is 14.4 Å². The van der Waals surface area contributed by atoms with Gasteiger partial charge in [0.15, 0.2) is 0 Å². The highest BCUT2D eigenvalue weighted by molar-refractivity contribution is 5.98. The van der Waals surface area contributed by atoms with Crippen LogP contribution in [0.15, 0.2) is 48.5 Å². The number of anilines is 1. The molecule has 0 saturated heterocycles. The van der Waals surface area contributed by atoms with Crippen LogP contribution >= 0.6 is 0 Å². The van der Waals surface area contributed by atoms with E-state index in [9.17, 15) is 14.4 Å². The molecule has 0 spiro atoms. The fourth-order valence-corrected chi connectivity index (χ4v) is 3.02. The number of hydrogen-bond donors (Lipinski definition) is 3. The molecule has 0 heterocycles. The van der Waals surface area contributed by atoms with Crippen LogP contribution in [0.1, 0.15) is 29.7 Å². The Hall–Kier alpha value is -3.19. The molecule has 7 heteroatoms. The maximum Gasteiger partial charge on any atom is 0.321 e. The summed E-state index contributed by atoms with van der Waals surface area (Å²) in [5, 5.41) is 7.77. The molecule has 2 aromatic carbocycles. The highest BCUT2D eigenvalue weighted by atomic mass is 16.2. The lowest BCUT2D eigenvalue weighted by atomic mass is 10.0. The molecule has 3 N–H and O–H groups in total. The van der Waals surface area contributed by atoms with E-state index in [0.717, 1.165) is 16.8 Å². The van der Waals surface area contributed by atoms with Crippen LogP contribution < -0.4 is 16.0 Å². The average molecular weight is 396 g/mol. The van der Waals surface area contributed by atoms with Gasteiger partial charge in [-0.25, -0.2) is 4.79 Å². The number of carbonyl (C=O) groups is 3. The SMILES string of the molecule is CCNC(=O)NC(=O)[C@@H](c1ccccc1)N(C)CC(=O)Nc1cccc(C)c1C. The van der Waals surface area contributed by atoms with Gasteiger partial charge in [0.1, 0.15) is 6.04 Å². The van der Waals surface area contributed by atoms with Gasteiger partial charge >= 0.3 is 6.03 Å². The largest absolute Gasteiger partial charge is 0.338 e. The standard InChI is InChI=1S/C22H28N4O3/c1-5-23-22(29)25-21(28)20(17-11-7-6-8-12-17)26(4)14-19(27)24-18-13-9-10-15(2)16(18)3/h6-13,20H,5,14H2,1-4H3,(H,24,27)(H2,23,25,28,29)/t20-/m1/s1. The number of aryl methyl sites for hydroxylation is 1. The van der Waals surface area contributed by atoms with E-state index in [1.54, 1.807) is 31.0 Å². The van der Waals surface area contributed by atoms with E-state index in [4.69, 9.17) is 0 Å². The molecule has 154 valence electrons. The lowest BCUT2D eigenvalue weighted by Crippen LogP contribution is -2.46. The number of amides is 4. The number of rotatable bonds is 7. The topological polar surface area (TPSA) is 90.5 Å². The minimum atomic E-state index is -0.789. The number of nitrogens with one attached hydrogen (secondary N) is 3. The van der Waals surface area contributed by atoms with E-state index in [1.807, 2.05) is 50.2 Å². The number of likely N-dealkylation sites (N-methyl/N-ethyl adjacent to an activating group) is 1. The number of hydrogen-bond acceptors (Lipinski definition) is 4. The fourth-order valence-electron chi connectivity index (χ4n) is 3.02. The van der Waals surface area contributed by atoms with Gasteiger partial charge in [0.25, 0.3) is 0 Å². The van der Waals surface area contributed by atoms with Crippen molar-refractivity contribution in [2.24, 2.45) is 0 Å². The van der Waals surface area contributed by atoms with E-state index in [0.29, 0.717) is 12.1 Å². The summed E-state index contributed by atoms with van der Waals surface area (Å²) >= 11 is 0. The predicted molar refractivity (Wildman–Crippen MR) is 114 cm³/mol. The lowest BCUT2D eigenvalue weighted by molar-refractivity contribution is -0.126. The van der Waals surface area contributed by atoms with Crippen molar-refractivity contribution in [2.45, 2.75) is 26.8 Å². The van der Waals surface area contributed by atoms with E-state index >= 15 is 0 Å². The third-order valence-corrected chi connectivity index (χ3v) is 4.65. The van der Waals surface area contributed by atoms with Crippen LogP contribution in [0.25, 0.3) is 0 Å². The first kappa shape index (κ1) is 22.1. The van der Waals surface area contributed by atoms with Crippen molar-refractivity contribution in [1.29, 1.82) is 0 Å². The van der Waals surface area contributed by atoms with Gasteiger partial charge in [-0.3, -0.25) is 19.8 Å². The molecule has 0 saturated carbocycles. The smallest absolute Gasteiger partial charge is 0.321 e. The number of nitrogens with zero attached hydrogens (tertiary/aromatic N) is 1. The maximum absolute atomic E-state index is 12.8. The van der Waals surface area contributed by atoms with Crippen LogP contribution in [0.5, 0.6) is 0 Å². The molecule has 0 fully saturated rings. The molecule has 0 unspecified atom stereocenters. The molecular formula is C22H28N4O3. The summed E-state index contributed by atoms with van der Waals surface area (Å²) in [5.74, 6) is -0.739. The molecule has 0 radical (unpaired) electrons. The van der Waals surface area contributed by atoms with Crippen LogP contribution in [0, 0.1) is 13.8 Å². The fraction of sp³-hybridized carbons (Fsp3) is 0.318. The first-order valence-electron chi connectivity index (χ1n) is 9.53. The van der Waals surface area contributed by atoms with Gasteiger partial charge < -0.3 is 10.6 Å². The second-order valence-electron chi connectivity index (χ2n) is 6.87. The zero-order valence-electron chi connectivity index (χ0n) is 17.3. The Kier molecular flexibility index (Phi) is 7.91. The third kappa shape index (κ3) is 6.15. The predicted octanol–water partition coefficient (Wildman–Crippen LogP) is 2.76. The molecular weight excluding hydrogens is 368 g/mol. The van der Waals surface area contributed by atoms with Crippen LogP contribution in [-0.4, -0.2) is 42.9 Å². The normalized spacial score (nSPS) is 11.6. The minimum Gasteiger partial charge on any atom is -0.338 e. The number of imide groups is 1. The Balaban J connectivity index is 2.15. The summed E-state index contributed by atoms with van der Waals surface area (Å²) in [6.45, 7) is 6.08. The molecule has 29 heavy (non-hydrogen) atoms. The number of carbonyl (C=O) groups excluding carboxylic acids is 3. The molecule has 0 bridgehead atoms. The van der Waals surface area contributed by atoms with Gasteiger partial charge in [-0.05, 0) is 50.6 Å². The lowest BCUT2D eigenvalue weighted by Gasteiger charge is -2.27. The van der Waals surface area contributed by atoms with Crippen molar-refractivity contribution in [2.75, 3.05) is 25.5 Å². The zero-order chi connectivity index (χ0) is 21.4. The summed E-state index contributed by atoms with van der Waals surface area (Å²) in [6, 6.07) is 13.4. The summed E-state index contributed by atoms with van der Waals surface area (Å²) < 4.78 is 0. The molecule has 2 rings (SSSR count). The molecule has 0 aromatic heterocycles. The van der Waals surface area contributed by atoms with Crippen LogP contribution in [0.3, 0.4) is 0 Å². The van der Waals surface area contributed by atoms with Gasteiger partial charge in [-0.15, -0.1) is 0 Å². The molecule has 4 amide bonds. The molecule has 0 aliphatic heterocycles. The van der Waals surface area contributed by atoms with Crippen molar-refractivity contribution in [3.05, 3.63) is 65.2 Å². The first-order valence-corrected chi connectivity index (χ1v) is 9.53. The Morgan fingerprint density at radius 2 is 1.69 bits per heavy atom. The van der Waals surface area contributed by atoms with Gasteiger partial charge in [0.2, 0.25) is 11.8 Å².